The van der Waals surface area contributed by atoms with Gasteiger partial charge in [0.25, 0.3) is 5.91 Å². The fraction of sp³-hybridized carbons (Fsp3) is 0.300. The number of nitrogens with two attached hydrogens (primary N) is 1. The van der Waals surface area contributed by atoms with Gasteiger partial charge >= 0.3 is 0 Å². The first-order valence-electron chi connectivity index (χ1n) is 9.32. The maximum absolute atomic E-state index is 13.1. The summed E-state index contributed by atoms with van der Waals surface area (Å²) in [7, 11) is -2.48. The number of fused-ring (bicyclic) bond motifs is 1. The zero-order chi connectivity index (χ0) is 21.5. The molecule has 1 aromatic heterocycles. The summed E-state index contributed by atoms with van der Waals surface area (Å²) in [5, 5.41) is 6.92. The number of thiazole rings is 1. The van der Waals surface area contributed by atoms with E-state index >= 15 is 0 Å². The summed E-state index contributed by atoms with van der Waals surface area (Å²) >= 11 is 7.71. The van der Waals surface area contributed by atoms with E-state index in [0.29, 0.717) is 23.9 Å². The molecule has 3 aromatic rings. The van der Waals surface area contributed by atoms with Crippen molar-refractivity contribution in [1.29, 1.82) is 0 Å². The number of hydrogen-bond donors (Lipinski definition) is 1. The molecule has 1 aliphatic heterocycles. The molecule has 7 nitrogen and oxygen atoms in total. The number of nitrogens with zero attached hydrogens (tertiary/aromatic N) is 2. The molecule has 0 aliphatic carbocycles. The summed E-state index contributed by atoms with van der Waals surface area (Å²) < 4.78 is 29.7. The first-order chi connectivity index (χ1) is 14.3. The second-order valence-electron chi connectivity index (χ2n) is 7.14. The number of hydrogen-bond acceptors (Lipinski definition) is 6. The van der Waals surface area contributed by atoms with Crippen molar-refractivity contribution >= 4 is 49.1 Å². The second kappa shape index (κ2) is 8.14. The number of benzene rings is 2. The van der Waals surface area contributed by atoms with Gasteiger partial charge in [-0.05, 0) is 49.2 Å². The first-order valence-corrected chi connectivity index (χ1v) is 12.1. The van der Waals surface area contributed by atoms with Crippen molar-refractivity contribution in [2.75, 3.05) is 20.2 Å². The lowest BCUT2D eigenvalue weighted by Crippen LogP contribution is -2.38. The maximum Gasteiger partial charge on any atom is 0.257 e. The van der Waals surface area contributed by atoms with E-state index < -0.39 is 10.0 Å². The van der Waals surface area contributed by atoms with Crippen LogP contribution < -0.4 is 9.88 Å². The minimum Gasteiger partial charge on any atom is -0.496 e. The van der Waals surface area contributed by atoms with Crippen molar-refractivity contribution < 1.29 is 17.9 Å². The monoisotopic (exact) mass is 465 g/mol. The number of piperidine rings is 1. The molecule has 0 spiro atoms. The fourth-order valence-electron chi connectivity index (χ4n) is 3.62. The van der Waals surface area contributed by atoms with Crippen LogP contribution in [0, 0.1) is 0 Å². The Bertz CT molecular complexity index is 1220. The summed E-state index contributed by atoms with van der Waals surface area (Å²) in [6.45, 7) is 1.09. The SMILES string of the molecule is COc1ccc(S(N)(=O)=O)cc1C(=O)N1CCC(c2nc3cc(Cl)ccc3s2)CC1. The summed E-state index contributed by atoms with van der Waals surface area (Å²) in [5.41, 5.74) is 1.09. The summed E-state index contributed by atoms with van der Waals surface area (Å²) in [5.74, 6) is 0.312. The van der Waals surface area contributed by atoms with Gasteiger partial charge in [0.2, 0.25) is 10.0 Å². The van der Waals surface area contributed by atoms with E-state index in [4.69, 9.17) is 26.5 Å². The van der Waals surface area contributed by atoms with Gasteiger partial charge in [-0.15, -0.1) is 11.3 Å². The Morgan fingerprint density at radius 1 is 1.23 bits per heavy atom. The van der Waals surface area contributed by atoms with Crippen LogP contribution in [0.2, 0.25) is 5.02 Å². The molecular formula is C20H20ClN3O4S2. The van der Waals surface area contributed by atoms with Crippen molar-refractivity contribution in [1.82, 2.24) is 9.88 Å². The van der Waals surface area contributed by atoms with Crippen LogP contribution in [0.15, 0.2) is 41.3 Å². The summed E-state index contributed by atoms with van der Waals surface area (Å²) in [4.78, 5) is 19.4. The van der Waals surface area contributed by atoms with E-state index in [9.17, 15) is 13.2 Å². The maximum atomic E-state index is 13.1. The number of ether oxygens (including phenoxy) is 1. The molecule has 2 heterocycles. The van der Waals surface area contributed by atoms with Crippen molar-refractivity contribution in [3.05, 3.63) is 52.0 Å². The highest BCUT2D eigenvalue weighted by Gasteiger charge is 2.28. The average molecular weight is 466 g/mol. The largest absolute Gasteiger partial charge is 0.496 e. The van der Waals surface area contributed by atoms with Crippen LogP contribution in [-0.2, 0) is 10.0 Å². The molecular weight excluding hydrogens is 446 g/mol. The van der Waals surface area contributed by atoms with E-state index in [1.165, 1.54) is 25.3 Å². The Morgan fingerprint density at radius 2 is 1.97 bits per heavy atom. The van der Waals surface area contributed by atoms with E-state index in [2.05, 4.69) is 0 Å². The van der Waals surface area contributed by atoms with Gasteiger partial charge in [-0.2, -0.15) is 0 Å². The van der Waals surface area contributed by atoms with Gasteiger partial charge in [0, 0.05) is 24.0 Å². The number of aromatic nitrogens is 1. The third kappa shape index (κ3) is 4.15. The number of carbonyl (C=O) groups excluding carboxylic acids is 1. The molecule has 0 saturated carbocycles. The molecule has 4 rings (SSSR count). The van der Waals surface area contributed by atoms with Crippen LogP contribution in [0.3, 0.4) is 0 Å². The molecule has 0 radical (unpaired) electrons. The van der Waals surface area contributed by atoms with E-state index in [0.717, 1.165) is 28.1 Å². The van der Waals surface area contributed by atoms with E-state index in [-0.39, 0.29) is 22.3 Å². The zero-order valence-electron chi connectivity index (χ0n) is 16.2. The molecule has 0 unspecified atom stereocenters. The van der Waals surface area contributed by atoms with Gasteiger partial charge in [-0.3, -0.25) is 4.79 Å². The number of likely N-dealkylation sites (tertiary alicyclic amines) is 1. The van der Waals surface area contributed by atoms with Crippen LogP contribution in [0.4, 0.5) is 0 Å². The number of primary sulfonamides is 1. The lowest BCUT2D eigenvalue weighted by atomic mass is 9.97. The number of methoxy groups -OCH3 is 1. The van der Waals surface area contributed by atoms with Crippen molar-refractivity contribution in [3.8, 4) is 5.75 Å². The minimum absolute atomic E-state index is 0.116. The molecule has 0 atom stereocenters. The predicted molar refractivity (Wildman–Crippen MR) is 117 cm³/mol. The highest BCUT2D eigenvalue weighted by atomic mass is 35.5. The second-order valence-corrected chi connectivity index (χ2v) is 10.2. The minimum atomic E-state index is -3.92. The van der Waals surface area contributed by atoms with E-state index in [1.807, 2.05) is 18.2 Å². The first kappa shape index (κ1) is 21.0. The molecule has 10 heteroatoms. The van der Waals surface area contributed by atoms with Crippen molar-refractivity contribution in [3.63, 3.8) is 0 Å². The van der Waals surface area contributed by atoms with Gasteiger partial charge in [0.05, 0.1) is 32.8 Å². The Labute approximate surface area is 183 Å². The molecule has 1 amide bonds. The van der Waals surface area contributed by atoms with Crippen molar-refractivity contribution in [2.24, 2.45) is 5.14 Å². The van der Waals surface area contributed by atoms with Crippen LogP contribution in [0.5, 0.6) is 5.75 Å². The Kier molecular flexibility index (Phi) is 5.71. The van der Waals surface area contributed by atoms with Gasteiger partial charge in [-0.25, -0.2) is 18.5 Å². The van der Waals surface area contributed by atoms with Gasteiger partial charge in [-0.1, -0.05) is 11.6 Å². The molecule has 0 bridgehead atoms. The third-order valence-corrected chi connectivity index (χ3v) is 7.57. The number of carbonyl (C=O) groups is 1. The molecule has 158 valence electrons. The Morgan fingerprint density at radius 3 is 2.63 bits per heavy atom. The Balaban J connectivity index is 1.51. The topological polar surface area (TPSA) is 103 Å². The molecule has 30 heavy (non-hydrogen) atoms. The normalized spacial score (nSPS) is 15.5. The smallest absolute Gasteiger partial charge is 0.257 e. The summed E-state index contributed by atoms with van der Waals surface area (Å²) in [6, 6.07) is 9.75. The van der Waals surface area contributed by atoms with Gasteiger partial charge in [0.15, 0.2) is 0 Å². The van der Waals surface area contributed by atoms with E-state index in [1.54, 1.807) is 16.2 Å². The number of rotatable bonds is 4. The van der Waals surface area contributed by atoms with Gasteiger partial charge in [0.1, 0.15) is 5.75 Å². The van der Waals surface area contributed by atoms with Crippen LogP contribution >= 0.6 is 22.9 Å². The summed E-state index contributed by atoms with van der Waals surface area (Å²) in [6.07, 6.45) is 1.55. The molecule has 1 aliphatic rings. The Hall–Kier alpha value is -2.20. The lowest BCUT2D eigenvalue weighted by Gasteiger charge is -2.31. The fourth-order valence-corrected chi connectivity index (χ4v) is 5.45. The highest BCUT2D eigenvalue weighted by Crippen LogP contribution is 2.35. The number of halogens is 1. The van der Waals surface area contributed by atoms with Gasteiger partial charge < -0.3 is 9.64 Å². The molecule has 1 saturated heterocycles. The molecule has 2 aromatic carbocycles. The standard InChI is InChI=1S/C20H20ClN3O4S2/c1-28-17-4-3-14(30(22,26)27)11-15(17)20(25)24-8-6-12(7-9-24)19-23-16-10-13(21)2-5-18(16)29-19/h2-5,10-12H,6-9H2,1H3,(H2,22,26,27). The number of amides is 1. The highest BCUT2D eigenvalue weighted by molar-refractivity contribution is 7.89. The number of sulfonamides is 1. The third-order valence-electron chi connectivity index (χ3n) is 5.23. The quantitative estimate of drug-likeness (QED) is 0.633. The zero-order valence-corrected chi connectivity index (χ0v) is 18.6. The van der Waals surface area contributed by atoms with Crippen LogP contribution in [-0.4, -0.2) is 44.4 Å². The molecule has 2 N–H and O–H groups in total. The van der Waals surface area contributed by atoms with Crippen molar-refractivity contribution in [2.45, 2.75) is 23.7 Å². The average Bonchev–Trinajstić information content (AvgIpc) is 3.15. The van der Waals surface area contributed by atoms with Crippen LogP contribution in [0.25, 0.3) is 10.2 Å². The molecule has 1 fully saturated rings. The lowest BCUT2D eigenvalue weighted by molar-refractivity contribution is 0.0709. The van der Waals surface area contributed by atoms with Crippen LogP contribution in [0.1, 0.15) is 34.1 Å². The predicted octanol–water partition coefficient (Wildman–Crippen LogP) is 3.63.